The molecule has 2 aliphatic rings. The topological polar surface area (TPSA) is 29.9 Å². The lowest BCUT2D eigenvalue weighted by Gasteiger charge is -2.26. The van der Waals surface area contributed by atoms with Crippen LogP contribution in [0, 0.1) is 24.7 Å². The predicted molar refractivity (Wildman–Crippen MR) is 87.8 cm³/mol. The summed E-state index contributed by atoms with van der Waals surface area (Å²) in [4.78, 5) is 0. The van der Waals surface area contributed by atoms with Crippen molar-refractivity contribution in [1.29, 1.82) is 0 Å². The molecule has 118 valence electrons. The molecule has 0 amide bonds. The highest BCUT2D eigenvalue weighted by molar-refractivity contribution is 6.31. The molecule has 0 bridgehead atoms. The van der Waals surface area contributed by atoms with Crippen molar-refractivity contribution in [2.45, 2.75) is 65.5 Å². The van der Waals surface area contributed by atoms with E-state index in [4.69, 9.17) is 11.6 Å². The fourth-order valence-corrected chi connectivity index (χ4v) is 4.31. The van der Waals surface area contributed by atoms with Crippen molar-refractivity contribution in [3.8, 4) is 0 Å². The summed E-state index contributed by atoms with van der Waals surface area (Å²) in [6, 6.07) is 0.566. The molecular formula is C17H28ClN3. The average molecular weight is 310 g/mol. The zero-order valence-corrected chi connectivity index (χ0v) is 14.3. The lowest BCUT2D eigenvalue weighted by Crippen LogP contribution is -2.38. The van der Waals surface area contributed by atoms with Crippen LogP contribution >= 0.6 is 11.6 Å². The Kier molecular flexibility index (Phi) is 4.60. The Labute approximate surface area is 133 Å². The normalized spacial score (nSPS) is 28.7. The summed E-state index contributed by atoms with van der Waals surface area (Å²) in [6.07, 6.45) is 6.54. The number of rotatable bonds is 7. The van der Waals surface area contributed by atoms with Crippen LogP contribution in [-0.2, 0) is 13.0 Å². The molecule has 1 N–H and O–H groups in total. The Morgan fingerprint density at radius 2 is 2.00 bits per heavy atom. The number of fused-ring (bicyclic) bond motifs is 1. The summed E-state index contributed by atoms with van der Waals surface area (Å²) in [7, 11) is 0. The minimum absolute atomic E-state index is 0.566. The zero-order chi connectivity index (χ0) is 15.0. The molecule has 0 spiro atoms. The third-order valence-electron chi connectivity index (χ3n) is 5.37. The molecule has 21 heavy (non-hydrogen) atoms. The molecule has 0 radical (unpaired) electrons. The number of aromatic nitrogens is 2. The second-order valence-corrected chi connectivity index (χ2v) is 7.29. The first-order chi connectivity index (χ1) is 10.1. The summed E-state index contributed by atoms with van der Waals surface area (Å²) in [6.45, 7) is 8.40. The van der Waals surface area contributed by atoms with Crippen LogP contribution in [0.15, 0.2) is 0 Å². The van der Waals surface area contributed by atoms with E-state index in [0.29, 0.717) is 6.04 Å². The van der Waals surface area contributed by atoms with E-state index in [1.165, 1.54) is 31.4 Å². The van der Waals surface area contributed by atoms with E-state index in [9.17, 15) is 0 Å². The molecule has 1 aromatic heterocycles. The van der Waals surface area contributed by atoms with Crippen molar-refractivity contribution in [2.24, 2.45) is 17.8 Å². The summed E-state index contributed by atoms with van der Waals surface area (Å²) in [5.41, 5.74) is 2.20. The van der Waals surface area contributed by atoms with Gasteiger partial charge in [-0.3, -0.25) is 4.68 Å². The van der Waals surface area contributed by atoms with Gasteiger partial charge in [0.2, 0.25) is 0 Å². The number of hydrogen-bond acceptors (Lipinski definition) is 2. The predicted octanol–water partition coefficient (Wildman–Crippen LogP) is 3.82. The molecule has 3 unspecified atom stereocenters. The van der Waals surface area contributed by atoms with Crippen molar-refractivity contribution in [2.75, 3.05) is 6.54 Å². The van der Waals surface area contributed by atoms with Crippen molar-refractivity contribution in [3.63, 3.8) is 0 Å². The molecule has 2 fully saturated rings. The van der Waals surface area contributed by atoms with Crippen LogP contribution in [0.4, 0.5) is 0 Å². The van der Waals surface area contributed by atoms with Crippen molar-refractivity contribution in [3.05, 3.63) is 16.4 Å². The van der Waals surface area contributed by atoms with E-state index >= 15 is 0 Å². The highest BCUT2D eigenvalue weighted by Gasteiger charge is 2.47. The molecule has 2 aliphatic carbocycles. The monoisotopic (exact) mass is 309 g/mol. The third-order valence-corrected chi connectivity index (χ3v) is 5.86. The van der Waals surface area contributed by atoms with Gasteiger partial charge in [-0.1, -0.05) is 18.5 Å². The molecule has 3 rings (SSSR count). The number of halogens is 1. The van der Waals surface area contributed by atoms with Gasteiger partial charge in [-0.05, 0) is 63.8 Å². The Morgan fingerprint density at radius 3 is 2.62 bits per heavy atom. The average Bonchev–Trinajstić information content (AvgIpc) is 3.00. The van der Waals surface area contributed by atoms with E-state index < -0.39 is 0 Å². The minimum atomic E-state index is 0.566. The highest BCUT2D eigenvalue weighted by Crippen LogP contribution is 2.55. The molecule has 3 atom stereocenters. The van der Waals surface area contributed by atoms with Gasteiger partial charge in [0.15, 0.2) is 0 Å². The molecule has 3 nitrogen and oxygen atoms in total. The Balaban J connectivity index is 1.74. The number of nitrogens with one attached hydrogen (secondary N) is 1. The first kappa shape index (κ1) is 15.4. The first-order valence-corrected chi connectivity index (χ1v) is 8.96. The molecule has 4 heteroatoms. The van der Waals surface area contributed by atoms with E-state index in [-0.39, 0.29) is 0 Å². The van der Waals surface area contributed by atoms with Gasteiger partial charge in [0.25, 0.3) is 0 Å². The lowest BCUT2D eigenvalue weighted by atomic mass is 9.91. The van der Waals surface area contributed by atoms with Gasteiger partial charge >= 0.3 is 0 Å². The van der Waals surface area contributed by atoms with Gasteiger partial charge in [0, 0.05) is 19.0 Å². The van der Waals surface area contributed by atoms with Gasteiger partial charge in [0.1, 0.15) is 0 Å². The van der Waals surface area contributed by atoms with Crippen LogP contribution in [0.1, 0.15) is 50.9 Å². The highest BCUT2D eigenvalue weighted by atomic mass is 35.5. The molecular weight excluding hydrogens is 282 g/mol. The quantitative estimate of drug-likeness (QED) is 0.830. The third kappa shape index (κ3) is 3.14. The van der Waals surface area contributed by atoms with Gasteiger partial charge < -0.3 is 5.32 Å². The summed E-state index contributed by atoms with van der Waals surface area (Å²) in [5.74, 6) is 2.90. The van der Waals surface area contributed by atoms with Crippen LogP contribution in [0.3, 0.4) is 0 Å². The van der Waals surface area contributed by atoms with Crippen LogP contribution in [0.2, 0.25) is 5.02 Å². The molecule has 1 aromatic rings. The smallest absolute Gasteiger partial charge is 0.0847 e. The fraction of sp³-hybridized carbons (Fsp3) is 0.824. The van der Waals surface area contributed by atoms with E-state index in [2.05, 4.69) is 28.9 Å². The second-order valence-electron chi connectivity index (χ2n) is 6.91. The maximum atomic E-state index is 6.50. The Bertz CT molecular complexity index is 486. The standard InChI is InChI=1S/C17H28ClN3/c1-4-6-19-15(14-8-12-7-13(12)9-14)10-16-17(18)11(3)20-21(16)5-2/h12-15,19H,4-10H2,1-3H3. The van der Waals surface area contributed by atoms with Crippen molar-refractivity contribution >= 4 is 11.6 Å². The molecule has 2 saturated carbocycles. The summed E-state index contributed by atoms with van der Waals surface area (Å²) >= 11 is 6.50. The largest absolute Gasteiger partial charge is 0.313 e. The van der Waals surface area contributed by atoms with Gasteiger partial charge in [-0.15, -0.1) is 0 Å². The van der Waals surface area contributed by atoms with Gasteiger partial charge in [0.05, 0.1) is 16.4 Å². The lowest BCUT2D eigenvalue weighted by molar-refractivity contribution is 0.327. The van der Waals surface area contributed by atoms with E-state index in [1.54, 1.807) is 0 Å². The van der Waals surface area contributed by atoms with Crippen LogP contribution < -0.4 is 5.32 Å². The molecule has 0 aromatic carbocycles. The van der Waals surface area contributed by atoms with Crippen LogP contribution in [0.25, 0.3) is 0 Å². The summed E-state index contributed by atoms with van der Waals surface area (Å²) < 4.78 is 2.09. The number of aryl methyl sites for hydroxylation is 2. The maximum Gasteiger partial charge on any atom is 0.0847 e. The second kappa shape index (κ2) is 6.29. The molecule has 0 aliphatic heterocycles. The minimum Gasteiger partial charge on any atom is -0.313 e. The van der Waals surface area contributed by atoms with Crippen LogP contribution in [-0.4, -0.2) is 22.4 Å². The van der Waals surface area contributed by atoms with Gasteiger partial charge in [-0.25, -0.2) is 0 Å². The van der Waals surface area contributed by atoms with E-state index in [0.717, 1.165) is 48.0 Å². The number of nitrogens with zero attached hydrogens (tertiary/aromatic N) is 2. The maximum absolute atomic E-state index is 6.50. The van der Waals surface area contributed by atoms with Crippen LogP contribution in [0.5, 0.6) is 0 Å². The molecule has 0 saturated heterocycles. The van der Waals surface area contributed by atoms with Crippen molar-refractivity contribution < 1.29 is 0 Å². The Morgan fingerprint density at radius 1 is 1.29 bits per heavy atom. The Hall–Kier alpha value is -0.540. The summed E-state index contributed by atoms with van der Waals surface area (Å²) in [5, 5.41) is 9.24. The first-order valence-electron chi connectivity index (χ1n) is 8.59. The van der Waals surface area contributed by atoms with Crippen molar-refractivity contribution in [1.82, 2.24) is 15.1 Å². The fourth-order valence-electron chi connectivity index (χ4n) is 4.10. The van der Waals surface area contributed by atoms with Gasteiger partial charge in [-0.2, -0.15) is 5.10 Å². The zero-order valence-electron chi connectivity index (χ0n) is 13.5. The number of hydrogen-bond donors (Lipinski definition) is 1. The molecule has 1 heterocycles. The SMILES string of the molecule is CCCNC(Cc1c(Cl)c(C)nn1CC)C1CC2CC2C1. The van der Waals surface area contributed by atoms with E-state index in [1.807, 2.05) is 6.92 Å².